The summed E-state index contributed by atoms with van der Waals surface area (Å²) in [6.45, 7) is -0.0944. The maximum absolute atomic E-state index is 14.3. The topological polar surface area (TPSA) is 88.8 Å². The Morgan fingerprint density at radius 2 is 1.81 bits per heavy atom. The van der Waals surface area contributed by atoms with Gasteiger partial charge in [-0.1, -0.05) is 6.07 Å². The van der Waals surface area contributed by atoms with E-state index in [0.717, 1.165) is 22.7 Å². The number of rotatable bonds is 6. The smallest absolute Gasteiger partial charge is 0.356 e. The van der Waals surface area contributed by atoms with Gasteiger partial charge in [-0.15, -0.1) is 0 Å². The van der Waals surface area contributed by atoms with Gasteiger partial charge in [0, 0.05) is 29.8 Å². The highest BCUT2D eigenvalue weighted by Crippen LogP contribution is 2.27. The molecule has 4 rings (SSSR count). The van der Waals surface area contributed by atoms with Gasteiger partial charge < -0.3 is 15.2 Å². The molecule has 0 atom stereocenters. The number of carbonyl (C=O) groups is 1. The van der Waals surface area contributed by atoms with Crippen molar-refractivity contribution in [2.45, 2.75) is 6.54 Å². The predicted octanol–water partition coefficient (Wildman–Crippen LogP) is 4.27. The van der Waals surface area contributed by atoms with E-state index in [1.165, 1.54) is 25.3 Å². The van der Waals surface area contributed by atoms with Crippen LogP contribution in [-0.2, 0) is 6.54 Å². The lowest BCUT2D eigenvalue weighted by Crippen LogP contribution is -2.09. The van der Waals surface area contributed by atoms with Crippen molar-refractivity contribution in [1.82, 2.24) is 14.6 Å². The van der Waals surface area contributed by atoms with Crippen LogP contribution in [0.15, 0.2) is 42.5 Å². The number of benzene rings is 2. The predicted molar refractivity (Wildman–Crippen MR) is 106 cm³/mol. The Bertz CT molecular complexity index is 1330. The number of halogens is 4. The molecule has 11 heteroatoms. The van der Waals surface area contributed by atoms with E-state index in [1.54, 1.807) is 6.07 Å². The number of nitrogens with zero attached hydrogens (tertiary/aromatic N) is 3. The van der Waals surface area contributed by atoms with Crippen LogP contribution >= 0.6 is 0 Å². The first-order valence-electron chi connectivity index (χ1n) is 9.12. The Kier molecular flexibility index (Phi) is 5.39. The van der Waals surface area contributed by atoms with Crippen molar-refractivity contribution in [1.29, 1.82) is 0 Å². The standard InChI is InChI=1S/C21H14F4N4O3/c1-32-17-4-2-3-12(22)11(17)9-26-18-7-15(10-5-13(23)20(25)14(24)6-10)27-19-8-16(21(30)31)28-29(18)19/h2-8,26H,9H2,1H3,(H,30,31). The quantitative estimate of drug-likeness (QED) is 0.340. The van der Waals surface area contributed by atoms with Crippen molar-refractivity contribution in [3.8, 4) is 17.0 Å². The number of hydrogen-bond donors (Lipinski definition) is 2. The second-order valence-electron chi connectivity index (χ2n) is 6.66. The number of aromatic carboxylic acids is 1. The van der Waals surface area contributed by atoms with Gasteiger partial charge in [0.05, 0.1) is 12.8 Å². The van der Waals surface area contributed by atoms with Crippen LogP contribution in [0.1, 0.15) is 16.1 Å². The highest BCUT2D eigenvalue weighted by molar-refractivity contribution is 5.87. The van der Waals surface area contributed by atoms with Gasteiger partial charge in [-0.25, -0.2) is 27.3 Å². The van der Waals surface area contributed by atoms with Crippen molar-refractivity contribution in [2.24, 2.45) is 0 Å². The molecule has 0 saturated carbocycles. The summed E-state index contributed by atoms with van der Waals surface area (Å²) in [4.78, 5) is 15.5. The van der Waals surface area contributed by atoms with Crippen LogP contribution in [-0.4, -0.2) is 32.8 Å². The van der Waals surface area contributed by atoms with E-state index in [2.05, 4.69) is 15.4 Å². The monoisotopic (exact) mass is 446 g/mol. The lowest BCUT2D eigenvalue weighted by atomic mass is 10.1. The largest absolute Gasteiger partial charge is 0.496 e. The van der Waals surface area contributed by atoms with Crippen LogP contribution in [0.4, 0.5) is 23.4 Å². The zero-order valence-corrected chi connectivity index (χ0v) is 16.4. The summed E-state index contributed by atoms with van der Waals surface area (Å²) in [5.41, 5.74) is -0.194. The minimum atomic E-state index is -1.63. The van der Waals surface area contributed by atoms with Crippen molar-refractivity contribution in [3.63, 3.8) is 0 Å². The van der Waals surface area contributed by atoms with Crippen molar-refractivity contribution in [3.05, 3.63) is 77.0 Å². The molecule has 2 heterocycles. The highest BCUT2D eigenvalue weighted by Gasteiger charge is 2.18. The summed E-state index contributed by atoms with van der Waals surface area (Å²) in [5, 5.41) is 16.1. The lowest BCUT2D eigenvalue weighted by Gasteiger charge is -2.13. The molecule has 4 aromatic rings. The molecule has 0 fully saturated rings. The number of carboxylic acid groups (broad SMARTS) is 1. The van der Waals surface area contributed by atoms with E-state index in [4.69, 9.17) is 4.74 Å². The van der Waals surface area contributed by atoms with E-state index >= 15 is 0 Å². The molecule has 0 aliphatic rings. The van der Waals surface area contributed by atoms with Crippen LogP contribution in [0.3, 0.4) is 0 Å². The average molecular weight is 446 g/mol. The van der Waals surface area contributed by atoms with Crippen molar-refractivity contribution in [2.75, 3.05) is 12.4 Å². The van der Waals surface area contributed by atoms with Gasteiger partial charge in [0.15, 0.2) is 28.8 Å². The van der Waals surface area contributed by atoms with Gasteiger partial charge >= 0.3 is 5.97 Å². The number of carboxylic acids is 1. The SMILES string of the molecule is COc1cccc(F)c1CNc1cc(-c2cc(F)c(F)c(F)c2)nc2cc(C(=O)O)nn12. The van der Waals surface area contributed by atoms with Gasteiger partial charge in [0.2, 0.25) is 0 Å². The maximum Gasteiger partial charge on any atom is 0.356 e. The molecular formula is C21H14F4N4O3. The number of fused-ring (bicyclic) bond motifs is 1. The highest BCUT2D eigenvalue weighted by atomic mass is 19.2. The average Bonchev–Trinajstić information content (AvgIpc) is 3.20. The summed E-state index contributed by atoms with van der Waals surface area (Å²) in [5.74, 6) is -5.89. The Balaban J connectivity index is 1.83. The summed E-state index contributed by atoms with van der Waals surface area (Å²) in [6, 6.07) is 8.28. The molecule has 2 aromatic heterocycles. The minimum Gasteiger partial charge on any atom is -0.496 e. The van der Waals surface area contributed by atoms with Gasteiger partial charge in [0.1, 0.15) is 17.4 Å². The Morgan fingerprint density at radius 1 is 1.09 bits per heavy atom. The van der Waals surface area contributed by atoms with Gasteiger partial charge in [-0.3, -0.25) is 0 Å². The van der Waals surface area contributed by atoms with E-state index in [-0.39, 0.29) is 46.3 Å². The van der Waals surface area contributed by atoms with Crippen LogP contribution in [0.5, 0.6) is 5.75 Å². The molecule has 164 valence electrons. The number of aromatic nitrogens is 3. The number of hydrogen-bond acceptors (Lipinski definition) is 5. The second kappa shape index (κ2) is 8.17. The normalized spacial score (nSPS) is 11.0. The summed E-state index contributed by atoms with van der Waals surface area (Å²) in [7, 11) is 1.38. The molecule has 0 aliphatic carbocycles. The molecule has 0 spiro atoms. The number of nitrogens with one attached hydrogen (secondary N) is 1. The number of anilines is 1. The number of ether oxygens (including phenoxy) is 1. The molecular weight excluding hydrogens is 432 g/mol. The fraction of sp³-hybridized carbons (Fsp3) is 0.0952. The Hall–Kier alpha value is -4.15. The van der Waals surface area contributed by atoms with Crippen LogP contribution < -0.4 is 10.1 Å². The fourth-order valence-electron chi connectivity index (χ4n) is 3.14. The molecule has 2 N–H and O–H groups in total. The Morgan fingerprint density at radius 3 is 2.47 bits per heavy atom. The van der Waals surface area contributed by atoms with Gasteiger partial charge in [0.25, 0.3) is 0 Å². The van der Waals surface area contributed by atoms with Crippen LogP contribution in [0.2, 0.25) is 0 Å². The van der Waals surface area contributed by atoms with Gasteiger partial charge in [-0.05, 0) is 24.3 Å². The lowest BCUT2D eigenvalue weighted by molar-refractivity contribution is 0.0690. The molecule has 0 unspecified atom stereocenters. The fourth-order valence-corrected chi connectivity index (χ4v) is 3.14. The summed E-state index contributed by atoms with van der Waals surface area (Å²) < 4.78 is 61.4. The van der Waals surface area contributed by atoms with E-state index < -0.39 is 29.2 Å². The molecule has 32 heavy (non-hydrogen) atoms. The van der Waals surface area contributed by atoms with Crippen molar-refractivity contribution < 1.29 is 32.2 Å². The first-order valence-corrected chi connectivity index (χ1v) is 9.12. The zero-order chi connectivity index (χ0) is 23.0. The molecule has 0 saturated heterocycles. The third kappa shape index (κ3) is 3.80. The van der Waals surface area contributed by atoms with E-state index in [1.807, 2.05) is 0 Å². The minimum absolute atomic E-state index is 0.00939. The molecule has 0 aliphatic heterocycles. The second-order valence-corrected chi connectivity index (χ2v) is 6.66. The maximum atomic E-state index is 14.3. The third-order valence-corrected chi connectivity index (χ3v) is 4.67. The zero-order valence-electron chi connectivity index (χ0n) is 16.4. The van der Waals surface area contributed by atoms with E-state index in [0.29, 0.717) is 0 Å². The van der Waals surface area contributed by atoms with E-state index in [9.17, 15) is 27.5 Å². The third-order valence-electron chi connectivity index (χ3n) is 4.67. The summed E-state index contributed by atoms with van der Waals surface area (Å²) >= 11 is 0. The molecule has 0 amide bonds. The first kappa shape index (κ1) is 21.1. The number of methoxy groups -OCH3 is 1. The van der Waals surface area contributed by atoms with Gasteiger partial charge in [-0.2, -0.15) is 9.61 Å². The molecule has 0 bridgehead atoms. The van der Waals surface area contributed by atoms with Crippen LogP contribution in [0, 0.1) is 23.3 Å². The molecule has 7 nitrogen and oxygen atoms in total. The Labute approximate surface area is 177 Å². The first-order chi connectivity index (χ1) is 15.3. The summed E-state index contributed by atoms with van der Waals surface area (Å²) in [6.07, 6.45) is 0. The molecule has 2 aromatic carbocycles. The van der Waals surface area contributed by atoms with Crippen molar-refractivity contribution >= 4 is 17.4 Å². The van der Waals surface area contributed by atoms with Crippen LogP contribution in [0.25, 0.3) is 16.9 Å². The molecule has 0 radical (unpaired) electrons.